The number of hydrogen-bond donors (Lipinski definition) is 1. The molecule has 19 heavy (non-hydrogen) atoms. The monoisotopic (exact) mass is 260 g/mol. The van der Waals surface area contributed by atoms with Crippen LogP contribution in [-0.4, -0.2) is 30.6 Å². The molecule has 0 atom stereocenters. The third-order valence-electron chi connectivity index (χ3n) is 2.62. The van der Waals surface area contributed by atoms with Gasteiger partial charge < -0.3 is 14.6 Å². The van der Waals surface area contributed by atoms with Crippen LogP contribution in [-0.2, 0) is 14.3 Å². The Kier molecular flexibility index (Phi) is 3.66. The number of esters is 1. The molecule has 0 unspecified atom stereocenters. The smallest absolute Gasteiger partial charge is 0.346 e. The molecule has 1 aromatic carbocycles. The van der Waals surface area contributed by atoms with Gasteiger partial charge in [-0.05, 0) is 23.8 Å². The number of rotatable bonds is 4. The zero-order valence-corrected chi connectivity index (χ0v) is 10.3. The highest BCUT2D eigenvalue weighted by molar-refractivity contribution is 6.23. The quantitative estimate of drug-likeness (QED) is 0.506. The lowest BCUT2D eigenvalue weighted by molar-refractivity contribution is -0.137. The van der Waals surface area contributed by atoms with Crippen molar-refractivity contribution in [1.29, 1.82) is 0 Å². The average molecular weight is 260 g/mol. The summed E-state index contributed by atoms with van der Waals surface area (Å²) in [6, 6.07) is 7.04. The number of ketones is 1. The molecule has 5 nitrogen and oxygen atoms in total. The number of carbonyl (C=O) groups excluding carboxylic acids is 2. The Hall–Kier alpha value is -2.56. The predicted molar refractivity (Wildman–Crippen MR) is 67.6 cm³/mol. The summed E-state index contributed by atoms with van der Waals surface area (Å²) < 4.78 is 9.56. The molecule has 1 aliphatic rings. The topological polar surface area (TPSA) is 72.8 Å². The normalized spacial score (nSPS) is 14.9. The standard InChI is InChI=1S/C14H12O5/c1-18-10-5-2-9(3-6-10)4-7-11(15)13-12(16)8-19-14(13)17/h2-7,16H,8H2,1H3/b7-4+. The third kappa shape index (κ3) is 2.82. The minimum Gasteiger partial charge on any atom is -0.508 e. The first-order valence-electron chi connectivity index (χ1n) is 5.57. The molecule has 0 amide bonds. The molecule has 5 heteroatoms. The van der Waals surface area contributed by atoms with E-state index in [1.807, 2.05) is 0 Å². The van der Waals surface area contributed by atoms with Gasteiger partial charge in [-0.25, -0.2) is 4.79 Å². The van der Waals surface area contributed by atoms with Gasteiger partial charge in [-0.3, -0.25) is 4.79 Å². The Labute approximate surface area is 109 Å². The molecule has 98 valence electrons. The molecule has 2 rings (SSSR count). The Morgan fingerprint density at radius 1 is 1.37 bits per heavy atom. The molecular formula is C14H12O5. The van der Waals surface area contributed by atoms with Crippen LogP contribution in [0, 0.1) is 0 Å². The van der Waals surface area contributed by atoms with Crippen LogP contribution in [0.1, 0.15) is 5.56 Å². The molecule has 1 N–H and O–H groups in total. The first kappa shape index (κ1) is 12.9. The lowest BCUT2D eigenvalue weighted by atomic mass is 10.1. The van der Waals surface area contributed by atoms with Crippen LogP contribution in [0.5, 0.6) is 5.75 Å². The summed E-state index contributed by atoms with van der Waals surface area (Å²) in [5.41, 5.74) is 0.477. The van der Waals surface area contributed by atoms with Crippen LogP contribution >= 0.6 is 0 Å². The molecule has 1 aliphatic heterocycles. The van der Waals surface area contributed by atoms with Gasteiger partial charge in [0.05, 0.1) is 7.11 Å². The SMILES string of the molecule is COc1ccc(/C=C/C(=O)C2=C(O)COC2=O)cc1. The Morgan fingerprint density at radius 3 is 2.58 bits per heavy atom. The molecule has 0 aliphatic carbocycles. The van der Waals surface area contributed by atoms with Gasteiger partial charge in [0.2, 0.25) is 0 Å². The Morgan fingerprint density at radius 2 is 2.05 bits per heavy atom. The maximum Gasteiger partial charge on any atom is 0.346 e. The summed E-state index contributed by atoms with van der Waals surface area (Å²) in [7, 11) is 1.56. The van der Waals surface area contributed by atoms with Crippen molar-refractivity contribution in [2.75, 3.05) is 13.7 Å². The van der Waals surface area contributed by atoms with Gasteiger partial charge in [0.1, 0.15) is 23.7 Å². The first-order chi connectivity index (χ1) is 9.11. The second-order valence-corrected chi connectivity index (χ2v) is 3.87. The van der Waals surface area contributed by atoms with Gasteiger partial charge in [0, 0.05) is 0 Å². The molecular weight excluding hydrogens is 248 g/mol. The fourth-order valence-electron chi connectivity index (χ4n) is 1.61. The number of aliphatic hydroxyl groups is 1. The van der Waals surface area contributed by atoms with E-state index in [1.165, 1.54) is 6.08 Å². The van der Waals surface area contributed by atoms with Crippen molar-refractivity contribution in [2.24, 2.45) is 0 Å². The number of allylic oxidation sites excluding steroid dienone is 1. The van der Waals surface area contributed by atoms with Crippen molar-refractivity contribution in [2.45, 2.75) is 0 Å². The van der Waals surface area contributed by atoms with Gasteiger partial charge >= 0.3 is 5.97 Å². The highest BCUT2D eigenvalue weighted by Crippen LogP contribution is 2.16. The maximum atomic E-state index is 11.7. The molecule has 0 aromatic heterocycles. The Bertz CT molecular complexity index is 566. The molecule has 0 saturated carbocycles. The van der Waals surface area contributed by atoms with Crippen LogP contribution in [0.4, 0.5) is 0 Å². The number of benzene rings is 1. The van der Waals surface area contributed by atoms with Crippen LogP contribution < -0.4 is 4.74 Å². The molecule has 1 aromatic rings. The molecule has 0 bridgehead atoms. The summed E-state index contributed by atoms with van der Waals surface area (Å²) in [6.07, 6.45) is 2.77. The zero-order valence-electron chi connectivity index (χ0n) is 10.3. The average Bonchev–Trinajstić information content (AvgIpc) is 2.76. The van der Waals surface area contributed by atoms with E-state index in [4.69, 9.17) is 4.74 Å². The van der Waals surface area contributed by atoms with E-state index >= 15 is 0 Å². The van der Waals surface area contributed by atoms with E-state index in [1.54, 1.807) is 37.5 Å². The molecule has 0 spiro atoms. The van der Waals surface area contributed by atoms with Crippen LogP contribution in [0.2, 0.25) is 0 Å². The largest absolute Gasteiger partial charge is 0.508 e. The number of hydrogen-bond acceptors (Lipinski definition) is 5. The van der Waals surface area contributed by atoms with Crippen molar-refractivity contribution in [3.05, 3.63) is 47.2 Å². The number of cyclic esters (lactones) is 1. The second kappa shape index (κ2) is 5.39. The molecule has 0 fully saturated rings. The van der Waals surface area contributed by atoms with Crippen LogP contribution in [0.3, 0.4) is 0 Å². The molecule has 0 saturated heterocycles. The van der Waals surface area contributed by atoms with Gasteiger partial charge in [-0.15, -0.1) is 0 Å². The van der Waals surface area contributed by atoms with Gasteiger partial charge in [-0.1, -0.05) is 18.2 Å². The number of ether oxygens (including phenoxy) is 2. The number of methoxy groups -OCH3 is 1. The second-order valence-electron chi connectivity index (χ2n) is 3.87. The van der Waals surface area contributed by atoms with E-state index in [2.05, 4.69) is 4.74 Å². The first-order valence-corrected chi connectivity index (χ1v) is 5.57. The van der Waals surface area contributed by atoms with Gasteiger partial charge in [0.25, 0.3) is 0 Å². The van der Waals surface area contributed by atoms with E-state index in [0.29, 0.717) is 5.75 Å². The van der Waals surface area contributed by atoms with E-state index in [-0.39, 0.29) is 17.9 Å². The third-order valence-corrected chi connectivity index (χ3v) is 2.62. The van der Waals surface area contributed by atoms with Crippen LogP contribution in [0.15, 0.2) is 41.7 Å². The highest BCUT2D eigenvalue weighted by atomic mass is 16.5. The Balaban J connectivity index is 2.12. The summed E-state index contributed by atoms with van der Waals surface area (Å²) in [5.74, 6) is -0.977. The fourth-order valence-corrected chi connectivity index (χ4v) is 1.61. The summed E-state index contributed by atoms with van der Waals surface area (Å²) in [6.45, 7) is -0.240. The maximum absolute atomic E-state index is 11.7. The lowest BCUT2D eigenvalue weighted by Crippen LogP contribution is -2.08. The van der Waals surface area contributed by atoms with E-state index in [0.717, 1.165) is 5.56 Å². The zero-order chi connectivity index (χ0) is 13.8. The number of carbonyl (C=O) groups is 2. The summed E-state index contributed by atoms with van der Waals surface area (Å²) in [5, 5.41) is 9.36. The highest BCUT2D eigenvalue weighted by Gasteiger charge is 2.29. The summed E-state index contributed by atoms with van der Waals surface area (Å²) in [4.78, 5) is 22.9. The van der Waals surface area contributed by atoms with Crippen molar-refractivity contribution < 1.29 is 24.2 Å². The van der Waals surface area contributed by atoms with Crippen molar-refractivity contribution in [3.8, 4) is 5.75 Å². The van der Waals surface area contributed by atoms with E-state index in [9.17, 15) is 14.7 Å². The van der Waals surface area contributed by atoms with E-state index < -0.39 is 11.8 Å². The van der Waals surface area contributed by atoms with Crippen molar-refractivity contribution >= 4 is 17.8 Å². The van der Waals surface area contributed by atoms with Crippen molar-refractivity contribution in [1.82, 2.24) is 0 Å². The van der Waals surface area contributed by atoms with Crippen LogP contribution in [0.25, 0.3) is 6.08 Å². The lowest BCUT2D eigenvalue weighted by Gasteiger charge is -1.99. The van der Waals surface area contributed by atoms with Crippen molar-refractivity contribution in [3.63, 3.8) is 0 Å². The molecule has 1 heterocycles. The minimum atomic E-state index is -0.790. The fraction of sp³-hybridized carbons (Fsp3) is 0.143. The van der Waals surface area contributed by atoms with Gasteiger partial charge in [-0.2, -0.15) is 0 Å². The predicted octanol–water partition coefficient (Wildman–Crippen LogP) is 1.65. The number of aliphatic hydroxyl groups excluding tert-OH is 1. The van der Waals surface area contributed by atoms with Gasteiger partial charge in [0.15, 0.2) is 5.78 Å². The minimum absolute atomic E-state index is 0.240. The molecule has 0 radical (unpaired) electrons. The summed E-state index contributed by atoms with van der Waals surface area (Å²) >= 11 is 0.